The van der Waals surface area contributed by atoms with Gasteiger partial charge in [0.1, 0.15) is 5.76 Å². The van der Waals surface area contributed by atoms with Crippen LogP contribution in [0.3, 0.4) is 0 Å². The highest BCUT2D eigenvalue weighted by atomic mass is 16.3. The van der Waals surface area contributed by atoms with E-state index in [1.165, 1.54) is 0 Å². The van der Waals surface area contributed by atoms with Crippen molar-refractivity contribution >= 4 is 29.1 Å². The molecule has 2 aliphatic rings. The zero-order valence-electron chi connectivity index (χ0n) is 14.9. The lowest BCUT2D eigenvalue weighted by Gasteiger charge is -2.18. The van der Waals surface area contributed by atoms with Crippen LogP contribution in [0.4, 0.5) is 11.4 Å². The first-order valence-electron chi connectivity index (χ1n) is 9.11. The third-order valence-electron chi connectivity index (χ3n) is 5.01. The summed E-state index contributed by atoms with van der Waals surface area (Å²) < 4.78 is 5.28. The number of likely N-dealkylation sites (tertiary alicyclic amines) is 1. The summed E-state index contributed by atoms with van der Waals surface area (Å²) in [6, 6.07) is 10.9. The zero-order chi connectivity index (χ0) is 18.8. The fourth-order valence-corrected chi connectivity index (χ4v) is 3.61. The van der Waals surface area contributed by atoms with Crippen LogP contribution in [0.25, 0.3) is 0 Å². The molecule has 7 nitrogen and oxygen atoms in total. The normalized spacial score (nSPS) is 19.8. The van der Waals surface area contributed by atoms with E-state index < -0.39 is 5.92 Å². The molecular weight excluding hydrogens is 346 g/mol. The largest absolute Gasteiger partial charge is 0.467 e. The lowest BCUT2D eigenvalue weighted by molar-refractivity contribution is -0.128. The van der Waals surface area contributed by atoms with E-state index >= 15 is 0 Å². The predicted octanol–water partition coefficient (Wildman–Crippen LogP) is 2.39. The van der Waals surface area contributed by atoms with Gasteiger partial charge in [-0.25, -0.2) is 0 Å². The molecule has 1 aromatic carbocycles. The maximum absolute atomic E-state index is 12.6. The minimum atomic E-state index is -0.399. The van der Waals surface area contributed by atoms with Crippen molar-refractivity contribution in [2.45, 2.75) is 25.8 Å². The monoisotopic (exact) mass is 367 g/mol. The van der Waals surface area contributed by atoms with E-state index in [1.807, 2.05) is 18.2 Å². The highest BCUT2D eigenvalue weighted by Crippen LogP contribution is 2.26. The van der Waals surface area contributed by atoms with Crippen molar-refractivity contribution in [3.8, 4) is 0 Å². The van der Waals surface area contributed by atoms with Gasteiger partial charge in [0, 0.05) is 37.3 Å². The van der Waals surface area contributed by atoms with Gasteiger partial charge in [-0.3, -0.25) is 14.4 Å². The smallest absolute Gasteiger partial charge is 0.229 e. The molecule has 2 saturated heterocycles. The standard InChI is InChI=1S/C20H21N3O4/c24-18-7-2-8-23(18)16-5-1-4-15(11-16)21-20(26)14-10-19(25)22(12-14)13-17-6-3-9-27-17/h1,3-6,9,11,14H,2,7-8,10,12-13H2,(H,21,26). The quantitative estimate of drug-likeness (QED) is 0.880. The van der Waals surface area contributed by atoms with E-state index in [1.54, 1.807) is 34.3 Å². The number of carbonyl (C=O) groups is 3. The van der Waals surface area contributed by atoms with Crippen LogP contribution in [0, 0.1) is 5.92 Å². The number of amides is 3. The van der Waals surface area contributed by atoms with E-state index in [2.05, 4.69) is 5.32 Å². The third kappa shape index (κ3) is 3.72. The predicted molar refractivity (Wildman–Crippen MR) is 98.9 cm³/mol. The van der Waals surface area contributed by atoms with Crippen LogP contribution in [-0.4, -0.2) is 35.7 Å². The first-order valence-corrected chi connectivity index (χ1v) is 9.11. The van der Waals surface area contributed by atoms with E-state index in [9.17, 15) is 14.4 Å². The van der Waals surface area contributed by atoms with Gasteiger partial charge in [0.25, 0.3) is 0 Å². The Labute approximate surface area is 156 Å². The summed E-state index contributed by atoms with van der Waals surface area (Å²) in [5.41, 5.74) is 1.42. The van der Waals surface area contributed by atoms with Crippen LogP contribution in [0.15, 0.2) is 47.1 Å². The molecule has 0 aliphatic carbocycles. The number of rotatable bonds is 5. The second-order valence-corrected chi connectivity index (χ2v) is 6.94. The molecule has 3 heterocycles. The summed E-state index contributed by atoms with van der Waals surface area (Å²) in [4.78, 5) is 40.1. The second-order valence-electron chi connectivity index (χ2n) is 6.94. The van der Waals surface area contributed by atoms with Gasteiger partial charge in [-0.15, -0.1) is 0 Å². The molecule has 0 bridgehead atoms. The minimum Gasteiger partial charge on any atom is -0.467 e. The lowest BCUT2D eigenvalue weighted by atomic mass is 10.1. The van der Waals surface area contributed by atoms with Crippen LogP contribution < -0.4 is 10.2 Å². The average molecular weight is 367 g/mol. The zero-order valence-corrected chi connectivity index (χ0v) is 14.9. The van der Waals surface area contributed by atoms with Gasteiger partial charge in [-0.1, -0.05) is 6.07 Å². The number of hydrogen-bond acceptors (Lipinski definition) is 4. The average Bonchev–Trinajstić information content (AvgIpc) is 3.38. The van der Waals surface area contributed by atoms with Crippen LogP contribution in [0.5, 0.6) is 0 Å². The maximum atomic E-state index is 12.6. The van der Waals surface area contributed by atoms with Crippen LogP contribution in [0.1, 0.15) is 25.0 Å². The number of nitrogens with zero attached hydrogens (tertiary/aromatic N) is 2. The topological polar surface area (TPSA) is 82.9 Å². The number of benzene rings is 1. The van der Waals surface area contributed by atoms with Gasteiger partial charge in [-0.2, -0.15) is 0 Å². The highest BCUT2D eigenvalue weighted by molar-refractivity contribution is 5.99. The van der Waals surface area contributed by atoms with Crippen LogP contribution in [-0.2, 0) is 20.9 Å². The van der Waals surface area contributed by atoms with Gasteiger partial charge < -0.3 is 19.5 Å². The molecule has 1 N–H and O–H groups in total. The molecule has 1 atom stereocenters. The first kappa shape index (κ1) is 17.3. The fourth-order valence-electron chi connectivity index (χ4n) is 3.61. The molecule has 2 aliphatic heterocycles. The van der Waals surface area contributed by atoms with Gasteiger partial charge in [0.05, 0.1) is 18.7 Å². The third-order valence-corrected chi connectivity index (χ3v) is 5.01. The van der Waals surface area contributed by atoms with Gasteiger partial charge in [-0.05, 0) is 36.8 Å². The molecule has 0 saturated carbocycles. The van der Waals surface area contributed by atoms with Crippen LogP contribution >= 0.6 is 0 Å². The molecule has 140 valence electrons. The van der Waals surface area contributed by atoms with Crippen LogP contribution in [0.2, 0.25) is 0 Å². The van der Waals surface area contributed by atoms with Crippen molar-refractivity contribution in [3.63, 3.8) is 0 Å². The van der Waals surface area contributed by atoms with Gasteiger partial charge >= 0.3 is 0 Å². The fraction of sp³-hybridized carbons (Fsp3) is 0.350. The summed E-state index contributed by atoms with van der Waals surface area (Å²) in [5.74, 6) is 0.170. The van der Waals surface area contributed by atoms with Crippen molar-refractivity contribution in [1.29, 1.82) is 0 Å². The summed E-state index contributed by atoms with van der Waals surface area (Å²) in [5, 5.41) is 2.88. The number of nitrogens with one attached hydrogen (secondary N) is 1. The highest BCUT2D eigenvalue weighted by Gasteiger charge is 2.34. The SMILES string of the molecule is O=C(Nc1cccc(N2CCCC2=O)c1)C1CC(=O)N(Cc2ccco2)C1. The van der Waals surface area contributed by atoms with E-state index in [0.29, 0.717) is 37.5 Å². The van der Waals surface area contributed by atoms with Gasteiger partial charge in [0.2, 0.25) is 17.7 Å². The Morgan fingerprint density at radius 3 is 2.81 bits per heavy atom. The van der Waals surface area contributed by atoms with Crippen molar-refractivity contribution in [2.24, 2.45) is 5.92 Å². The number of furan rings is 1. The number of hydrogen-bond donors (Lipinski definition) is 1. The Morgan fingerprint density at radius 1 is 1.19 bits per heavy atom. The Kier molecular flexibility index (Phi) is 4.66. The van der Waals surface area contributed by atoms with Crippen molar-refractivity contribution in [3.05, 3.63) is 48.4 Å². The lowest BCUT2D eigenvalue weighted by Crippen LogP contribution is -2.28. The number of anilines is 2. The van der Waals surface area contributed by atoms with Crippen molar-refractivity contribution < 1.29 is 18.8 Å². The number of carbonyl (C=O) groups excluding carboxylic acids is 3. The molecule has 2 aromatic rings. The Morgan fingerprint density at radius 2 is 2.07 bits per heavy atom. The van der Waals surface area contributed by atoms with Crippen molar-refractivity contribution in [1.82, 2.24) is 4.90 Å². The molecule has 1 unspecified atom stereocenters. The molecule has 1 aromatic heterocycles. The van der Waals surface area contributed by atoms with E-state index in [-0.39, 0.29) is 24.1 Å². The molecule has 0 radical (unpaired) electrons. The molecule has 0 spiro atoms. The summed E-state index contributed by atoms with van der Waals surface area (Å²) in [6.45, 7) is 1.45. The minimum absolute atomic E-state index is 0.0528. The summed E-state index contributed by atoms with van der Waals surface area (Å²) >= 11 is 0. The Hall–Kier alpha value is -3.09. The molecular formula is C20H21N3O4. The Balaban J connectivity index is 1.39. The second kappa shape index (κ2) is 7.26. The summed E-state index contributed by atoms with van der Waals surface area (Å²) in [6.07, 6.45) is 3.17. The summed E-state index contributed by atoms with van der Waals surface area (Å²) in [7, 11) is 0. The van der Waals surface area contributed by atoms with E-state index in [4.69, 9.17) is 4.42 Å². The molecule has 2 fully saturated rings. The molecule has 7 heteroatoms. The molecule has 27 heavy (non-hydrogen) atoms. The molecule has 3 amide bonds. The first-order chi connectivity index (χ1) is 13.1. The Bertz CT molecular complexity index is 862. The van der Waals surface area contributed by atoms with E-state index in [0.717, 1.165) is 12.1 Å². The molecule has 4 rings (SSSR count). The van der Waals surface area contributed by atoms with Crippen molar-refractivity contribution in [2.75, 3.05) is 23.3 Å². The van der Waals surface area contributed by atoms with Gasteiger partial charge in [0.15, 0.2) is 0 Å². The maximum Gasteiger partial charge on any atom is 0.229 e.